The molecule has 12 nitrogen and oxygen atoms in total. The third-order valence-corrected chi connectivity index (χ3v) is 3.79. The van der Waals surface area contributed by atoms with E-state index in [4.69, 9.17) is 27.9 Å². The van der Waals surface area contributed by atoms with Crippen LogP contribution in [0.2, 0.25) is 0 Å². The van der Waals surface area contributed by atoms with Crippen molar-refractivity contribution in [2.75, 3.05) is 12.9 Å². The van der Waals surface area contributed by atoms with Crippen LogP contribution in [-0.4, -0.2) is 75.9 Å². The van der Waals surface area contributed by atoms with E-state index in [0.717, 1.165) is 27.7 Å². The van der Waals surface area contributed by atoms with Gasteiger partial charge in [0.05, 0.1) is 6.26 Å². The number of hydrogen-bond donors (Lipinski definition) is 0. The first-order valence-corrected chi connectivity index (χ1v) is 9.80. The maximum absolute atomic E-state index is 11.7. The lowest BCUT2D eigenvalue weighted by molar-refractivity contribution is -0.291. The Bertz CT molecular complexity index is 715. The van der Waals surface area contributed by atoms with Gasteiger partial charge in [-0.3, -0.25) is 23.4 Å². The van der Waals surface area contributed by atoms with Crippen LogP contribution in [0.3, 0.4) is 0 Å². The van der Waals surface area contributed by atoms with Gasteiger partial charge in [-0.05, 0) is 0 Å². The highest BCUT2D eigenvalue weighted by Crippen LogP contribution is 2.30. The molecule has 0 bridgehead atoms. The van der Waals surface area contributed by atoms with Crippen LogP contribution in [0.25, 0.3) is 0 Å². The zero-order valence-corrected chi connectivity index (χ0v) is 16.7. The maximum Gasteiger partial charge on any atom is 0.305 e. The fourth-order valence-corrected chi connectivity index (χ4v) is 3.04. The highest BCUT2D eigenvalue weighted by atomic mass is 32.2. The zero-order valence-electron chi connectivity index (χ0n) is 15.9. The predicted octanol–water partition coefficient (Wildman–Crippen LogP) is -0.954. The van der Waals surface area contributed by atoms with Gasteiger partial charge in [0.25, 0.3) is 10.1 Å². The number of carbonyl (C=O) groups is 4. The van der Waals surface area contributed by atoms with Gasteiger partial charge in [0.1, 0.15) is 12.7 Å². The Morgan fingerprint density at radius 1 is 0.786 bits per heavy atom. The quantitative estimate of drug-likeness (QED) is 0.279. The number of hydrogen-bond acceptors (Lipinski definition) is 12. The Hall–Kier alpha value is -2.25. The minimum Gasteiger partial charge on any atom is -0.463 e. The number of carbonyl (C=O) groups excluding carboxylic acids is 4. The average molecular weight is 426 g/mol. The van der Waals surface area contributed by atoms with Crippen molar-refractivity contribution in [1.29, 1.82) is 0 Å². The Labute approximate surface area is 161 Å². The van der Waals surface area contributed by atoms with E-state index in [2.05, 4.69) is 0 Å². The van der Waals surface area contributed by atoms with E-state index in [1.807, 2.05) is 0 Å². The smallest absolute Gasteiger partial charge is 0.305 e. The molecule has 1 rings (SSSR count). The van der Waals surface area contributed by atoms with Crippen LogP contribution in [0.15, 0.2) is 0 Å². The molecule has 1 fully saturated rings. The van der Waals surface area contributed by atoms with Crippen molar-refractivity contribution in [2.45, 2.75) is 58.4 Å². The summed E-state index contributed by atoms with van der Waals surface area (Å²) in [5, 5.41) is 0. The zero-order chi connectivity index (χ0) is 21.6. The molecule has 0 aromatic heterocycles. The van der Waals surface area contributed by atoms with Crippen molar-refractivity contribution in [3.05, 3.63) is 0 Å². The average Bonchev–Trinajstić information content (AvgIpc) is 2.48. The molecule has 0 N–H and O–H groups in total. The molecular formula is C15H22O12S. The van der Waals surface area contributed by atoms with E-state index >= 15 is 0 Å². The van der Waals surface area contributed by atoms with Crippen LogP contribution < -0.4 is 0 Å². The second kappa shape index (κ2) is 9.80. The van der Waals surface area contributed by atoms with Gasteiger partial charge in [-0.1, -0.05) is 0 Å². The Morgan fingerprint density at radius 2 is 1.29 bits per heavy atom. The summed E-state index contributed by atoms with van der Waals surface area (Å²) < 4.78 is 53.6. The molecule has 0 aromatic rings. The molecule has 0 aliphatic carbocycles. The summed E-state index contributed by atoms with van der Waals surface area (Å²) in [6.07, 6.45) is -6.84. The van der Waals surface area contributed by atoms with Crippen LogP contribution in [0, 0.1) is 0 Å². The summed E-state index contributed by atoms with van der Waals surface area (Å²) in [5.41, 5.74) is 0. The molecule has 160 valence electrons. The molecule has 1 saturated heterocycles. The standard InChI is InChI=1S/C15H22O12S/c1-7(16)22-6-11-12(23-8(2)17)13(24-9(3)18)14(27-28(5,20)21)15(26-11)25-10(4)19/h11-15H,6H2,1-5H3. The van der Waals surface area contributed by atoms with Gasteiger partial charge in [-0.15, -0.1) is 0 Å². The molecule has 5 unspecified atom stereocenters. The van der Waals surface area contributed by atoms with E-state index in [1.165, 1.54) is 0 Å². The van der Waals surface area contributed by atoms with E-state index in [1.54, 1.807) is 0 Å². The molecule has 0 amide bonds. The molecule has 0 spiro atoms. The van der Waals surface area contributed by atoms with Gasteiger partial charge >= 0.3 is 23.9 Å². The van der Waals surface area contributed by atoms with Gasteiger partial charge in [0.2, 0.25) is 6.29 Å². The highest BCUT2D eigenvalue weighted by molar-refractivity contribution is 7.86. The number of esters is 4. The first-order chi connectivity index (χ1) is 12.8. The summed E-state index contributed by atoms with van der Waals surface area (Å²) in [6.45, 7) is 3.76. The summed E-state index contributed by atoms with van der Waals surface area (Å²) >= 11 is 0. The van der Waals surface area contributed by atoms with E-state index in [-0.39, 0.29) is 0 Å². The number of rotatable bonds is 7. The van der Waals surface area contributed by atoms with E-state index < -0.39 is 71.3 Å². The lowest BCUT2D eigenvalue weighted by Gasteiger charge is -2.43. The number of ether oxygens (including phenoxy) is 5. The molecule has 5 atom stereocenters. The Kier molecular flexibility index (Phi) is 8.32. The lowest BCUT2D eigenvalue weighted by atomic mass is 9.98. The predicted molar refractivity (Wildman–Crippen MR) is 87.9 cm³/mol. The van der Waals surface area contributed by atoms with Crippen molar-refractivity contribution in [2.24, 2.45) is 0 Å². The van der Waals surface area contributed by atoms with Crippen LogP contribution in [0.5, 0.6) is 0 Å². The molecular weight excluding hydrogens is 404 g/mol. The van der Waals surface area contributed by atoms with Gasteiger partial charge in [-0.2, -0.15) is 8.42 Å². The first-order valence-electron chi connectivity index (χ1n) is 7.99. The van der Waals surface area contributed by atoms with Gasteiger partial charge in [0, 0.05) is 27.7 Å². The third kappa shape index (κ3) is 7.78. The van der Waals surface area contributed by atoms with E-state index in [9.17, 15) is 27.6 Å². The Morgan fingerprint density at radius 3 is 1.71 bits per heavy atom. The first kappa shape index (κ1) is 23.8. The summed E-state index contributed by atoms with van der Waals surface area (Å²) in [7, 11) is -4.14. The van der Waals surface area contributed by atoms with Gasteiger partial charge in [0.15, 0.2) is 18.3 Å². The second-order valence-corrected chi connectivity index (χ2v) is 7.47. The minimum absolute atomic E-state index is 0.464. The molecule has 1 heterocycles. The van der Waals surface area contributed by atoms with E-state index in [0.29, 0.717) is 6.26 Å². The molecule has 1 aliphatic rings. The third-order valence-electron chi connectivity index (χ3n) is 3.21. The fraction of sp³-hybridized carbons (Fsp3) is 0.733. The molecule has 13 heteroatoms. The lowest BCUT2D eigenvalue weighted by Crippen LogP contribution is -2.63. The van der Waals surface area contributed by atoms with Crippen molar-refractivity contribution < 1.29 is 55.5 Å². The fourth-order valence-electron chi connectivity index (χ4n) is 2.43. The SMILES string of the molecule is CC(=O)OCC1OC(OC(C)=O)C(OS(C)(=O)=O)C(OC(C)=O)C1OC(C)=O. The molecule has 0 saturated carbocycles. The van der Waals surface area contributed by atoms with Gasteiger partial charge < -0.3 is 23.7 Å². The van der Waals surface area contributed by atoms with Crippen LogP contribution >= 0.6 is 0 Å². The Balaban J connectivity index is 3.37. The van der Waals surface area contributed by atoms with Crippen LogP contribution in [0.1, 0.15) is 27.7 Å². The topological polar surface area (TPSA) is 158 Å². The highest BCUT2D eigenvalue weighted by Gasteiger charge is 2.53. The summed E-state index contributed by atoms with van der Waals surface area (Å²) in [6, 6.07) is 0. The second-order valence-electron chi connectivity index (χ2n) is 5.87. The van der Waals surface area contributed by atoms with Crippen molar-refractivity contribution in [3.8, 4) is 0 Å². The molecule has 0 radical (unpaired) electrons. The van der Waals surface area contributed by atoms with Crippen LogP contribution in [0.4, 0.5) is 0 Å². The molecule has 0 aromatic carbocycles. The molecule has 1 aliphatic heterocycles. The van der Waals surface area contributed by atoms with Gasteiger partial charge in [-0.25, -0.2) is 0 Å². The molecule has 28 heavy (non-hydrogen) atoms. The summed E-state index contributed by atoms with van der Waals surface area (Å²) in [4.78, 5) is 45.6. The minimum atomic E-state index is -4.14. The van der Waals surface area contributed by atoms with Crippen molar-refractivity contribution in [3.63, 3.8) is 0 Å². The largest absolute Gasteiger partial charge is 0.463 e. The summed E-state index contributed by atoms with van der Waals surface area (Å²) in [5.74, 6) is -3.22. The van der Waals surface area contributed by atoms with Crippen molar-refractivity contribution in [1.82, 2.24) is 0 Å². The maximum atomic E-state index is 11.7. The van der Waals surface area contributed by atoms with Crippen molar-refractivity contribution >= 4 is 34.0 Å². The normalized spacial score (nSPS) is 27.4. The van der Waals surface area contributed by atoms with Crippen LogP contribution in [-0.2, 0) is 57.2 Å². The monoisotopic (exact) mass is 426 g/mol.